The number of hydrogen-bond acceptors (Lipinski definition) is 2. The van der Waals surface area contributed by atoms with Gasteiger partial charge >= 0.3 is 0 Å². The van der Waals surface area contributed by atoms with Gasteiger partial charge in [-0.05, 0) is 63.1 Å². The second-order valence-corrected chi connectivity index (χ2v) is 6.99. The Morgan fingerprint density at radius 2 is 1.95 bits per heavy atom. The zero-order chi connectivity index (χ0) is 15.5. The van der Waals surface area contributed by atoms with E-state index >= 15 is 0 Å². The van der Waals surface area contributed by atoms with Gasteiger partial charge in [-0.15, -0.1) is 0 Å². The van der Waals surface area contributed by atoms with Gasteiger partial charge in [-0.25, -0.2) is 0 Å². The molecule has 0 saturated carbocycles. The summed E-state index contributed by atoms with van der Waals surface area (Å²) in [5.41, 5.74) is 3.32. The van der Waals surface area contributed by atoms with Crippen LogP contribution in [0.2, 0.25) is 0 Å². The molecule has 0 bridgehead atoms. The topological polar surface area (TPSA) is 35.8 Å². The van der Waals surface area contributed by atoms with E-state index < -0.39 is 5.41 Å². The van der Waals surface area contributed by atoms with Crippen LogP contribution in [0.15, 0.2) is 35.9 Å². The van der Waals surface area contributed by atoms with E-state index in [9.17, 15) is 0 Å². The molecule has 2 nitrogen and oxygen atoms in total. The smallest absolute Gasteiger partial charge is 0.0766 e. The Hall–Kier alpha value is -1.75. The maximum atomic E-state index is 9.17. The second kappa shape index (κ2) is 6.35. The zero-order valence-corrected chi connectivity index (χ0v) is 13.6. The highest BCUT2D eigenvalue weighted by molar-refractivity contribution is 5.47. The van der Waals surface area contributed by atoms with Crippen molar-refractivity contribution in [1.82, 2.24) is 0 Å². The molecule has 0 fully saturated rings. The molecule has 0 aliphatic heterocycles. The molecule has 2 heteroatoms. The van der Waals surface area contributed by atoms with Gasteiger partial charge in [-0.3, -0.25) is 0 Å². The van der Waals surface area contributed by atoms with Crippen LogP contribution in [0, 0.1) is 23.2 Å². The standard InChI is InChI=1S/C19H26N2/c1-14-9-15(2)11-16(10-14)12-21-18-7-5-17(6-8-18)19(3,4)13-20/h5-9,14,16,21H,10-12H2,1-4H3. The summed E-state index contributed by atoms with van der Waals surface area (Å²) in [6.45, 7) is 9.47. The number of nitriles is 1. The molecule has 1 N–H and O–H groups in total. The Labute approximate surface area is 128 Å². The molecule has 112 valence electrons. The lowest BCUT2D eigenvalue weighted by Crippen LogP contribution is -2.20. The number of benzene rings is 1. The molecule has 0 saturated heterocycles. The van der Waals surface area contributed by atoms with Gasteiger partial charge in [-0.1, -0.05) is 30.7 Å². The molecule has 1 aliphatic rings. The van der Waals surface area contributed by atoms with E-state index in [4.69, 9.17) is 5.26 Å². The third-order valence-electron chi connectivity index (χ3n) is 4.37. The van der Waals surface area contributed by atoms with Crippen LogP contribution < -0.4 is 5.32 Å². The van der Waals surface area contributed by atoms with E-state index in [0.717, 1.165) is 23.7 Å². The Morgan fingerprint density at radius 1 is 1.29 bits per heavy atom. The number of hydrogen-bond donors (Lipinski definition) is 1. The van der Waals surface area contributed by atoms with Crippen LogP contribution in [0.25, 0.3) is 0 Å². The van der Waals surface area contributed by atoms with Crippen molar-refractivity contribution in [2.24, 2.45) is 11.8 Å². The number of nitrogens with one attached hydrogen (secondary N) is 1. The predicted octanol–water partition coefficient (Wildman–Crippen LogP) is 4.89. The lowest BCUT2D eigenvalue weighted by atomic mass is 9.83. The summed E-state index contributed by atoms with van der Waals surface area (Å²) in [6.07, 6.45) is 4.87. The summed E-state index contributed by atoms with van der Waals surface area (Å²) in [7, 11) is 0. The van der Waals surface area contributed by atoms with E-state index in [-0.39, 0.29) is 0 Å². The van der Waals surface area contributed by atoms with Crippen molar-refractivity contribution in [3.8, 4) is 6.07 Å². The largest absolute Gasteiger partial charge is 0.385 e. The molecular formula is C19H26N2. The molecule has 0 radical (unpaired) electrons. The maximum absolute atomic E-state index is 9.17. The molecule has 21 heavy (non-hydrogen) atoms. The Morgan fingerprint density at radius 3 is 2.52 bits per heavy atom. The minimum Gasteiger partial charge on any atom is -0.385 e. The van der Waals surface area contributed by atoms with E-state index in [0.29, 0.717) is 5.92 Å². The van der Waals surface area contributed by atoms with Gasteiger partial charge in [0.15, 0.2) is 0 Å². The lowest BCUT2D eigenvalue weighted by Gasteiger charge is -2.26. The molecule has 1 aromatic rings. The minimum atomic E-state index is -0.417. The summed E-state index contributed by atoms with van der Waals surface area (Å²) < 4.78 is 0. The lowest BCUT2D eigenvalue weighted by molar-refractivity contribution is 0.421. The molecular weight excluding hydrogens is 256 g/mol. The minimum absolute atomic E-state index is 0.417. The van der Waals surface area contributed by atoms with Crippen molar-refractivity contribution in [2.75, 3.05) is 11.9 Å². The first kappa shape index (κ1) is 15.6. The molecule has 1 aliphatic carbocycles. The van der Waals surface area contributed by atoms with Crippen molar-refractivity contribution >= 4 is 5.69 Å². The van der Waals surface area contributed by atoms with Gasteiger partial charge in [0.25, 0.3) is 0 Å². The number of rotatable bonds is 4. The van der Waals surface area contributed by atoms with Crippen molar-refractivity contribution < 1.29 is 0 Å². The highest BCUT2D eigenvalue weighted by atomic mass is 14.9. The molecule has 1 aromatic carbocycles. The molecule has 0 heterocycles. The second-order valence-electron chi connectivity index (χ2n) is 6.99. The number of nitrogens with zero attached hydrogens (tertiary/aromatic N) is 1. The van der Waals surface area contributed by atoms with Gasteiger partial charge < -0.3 is 5.32 Å². The first-order valence-electron chi connectivity index (χ1n) is 7.83. The maximum Gasteiger partial charge on any atom is 0.0766 e. The van der Waals surface area contributed by atoms with E-state index in [1.807, 2.05) is 13.8 Å². The monoisotopic (exact) mass is 282 g/mol. The quantitative estimate of drug-likeness (QED) is 0.798. The number of anilines is 1. The Balaban J connectivity index is 1.93. The Bertz CT molecular complexity index is 546. The molecule has 0 aromatic heterocycles. The fourth-order valence-electron chi connectivity index (χ4n) is 3.17. The highest BCUT2D eigenvalue weighted by Gasteiger charge is 2.20. The fourth-order valence-corrected chi connectivity index (χ4v) is 3.17. The van der Waals surface area contributed by atoms with Crippen LogP contribution in [-0.4, -0.2) is 6.54 Å². The molecule has 2 rings (SSSR count). The van der Waals surface area contributed by atoms with Gasteiger partial charge in [0.2, 0.25) is 0 Å². The summed E-state index contributed by atoms with van der Waals surface area (Å²) in [6, 6.07) is 10.6. The van der Waals surface area contributed by atoms with Crippen LogP contribution in [-0.2, 0) is 5.41 Å². The van der Waals surface area contributed by atoms with Crippen LogP contribution in [0.5, 0.6) is 0 Å². The van der Waals surface area contributed by atoms with Crippen LogP contribution >= 0.6 is 0 Å². The zero-order valence-electron chi connectivity index (χ0n) is 13.6. The van der Waals surface area contributed by atoms with Crippen LogP contribution in [0.4, 0.5) is 5.69 Å². The first-order chi connectivity index (χ1) is 9.90. The van der Waals surface area contributed by atoms with Crippen molar-refractivity contribution in [3.05, 3.63) is 41.5 Å². The first-order valence-corrected chi connectivity index (χ1v) is 7.83. The molecule has 2 atom stereocenters. The number of allylic oxidation sites excluding steroid dienone is 2. The summed E-state index contributed by atoms with van der Waals surface area (Å²) in [4.78, 5) is 0. The predicted molar refractivity (Wildman–Crippen MR) is 89.2 cm³/mol. The SMILES string of the molecule is CC1=CC(C)CC(CNc2ccc(C(C)(C)C#N)cc2)C1. The van der Waals surface area contributed by atoms with Gasteiger partial charge in [0, 0.05) is 12.2 Å². The highest BCUT2D eigenvalue weighted by Crippen LogP contribution is 2.28. The molecule has 0 amide bonds. The normalized spacial score (nSPS) is 22.3. The van der Waals surface area contributed by atoms with Gasteiger partial charge in [-0.2, -0.15) is 5.26 Å². The van der Waals surface area contributed by atoms with Crippen LogP contribution in [0.3, 0.4) is 0 Å². The van der Waals surface area contributed by atoms with Crippen LogP contribution in [0.1, 0.15) is 46.1 Å². The fraction of sp³-hybridized carbons (Fsp3) is 0.526. The third-order valence-corrected chi connectivity index (χ3v) is 4.37. The summed E-state index contributed by atoms with van der Waals surface area (Å²) in [5.74, 6) is 1.42. The van der Waals surface area contributed by atoms with Gasteiger partial charge in [0.05, 0.1) is 11.5 Å². The van der Waals surface area contributed by atoms with Crippen molar-refractivity contribution in [2.45, 2.75) is 46.0 Å². The summed E-state index contributed by atoms with van der Waals surface area (Å²) >= 11 is 0. The summed E-state index contributed by atoms with van der Waals surface area (Å²) in [5, 5.41) is 12.7. The van der Waals surface area contributed by atoms with E-state index in [2.05, 4.69) is 55.6 Å². The molecule has 0 spiro atoms. The molecule has 2 unspecified atom stereocenters. The average molecular weight is 282 g/mol. The van der Waals surface area contributed by atoms with E-state index in [1.54, 1.807) is 0 Å². The Kier molecular flexibility index (Phi) is 4.73. The van der Waals surface area contributed by atoms with E-state index in [1.165, 1.54) is 18.4 Å². The van der Waals surface area contributed by atoms with Crippen molar-refractivity contribution in [3.63, 3.8) is 0 Å². The van der Waals surface area contributed by atoms with Gasteiger partial charge in [0.1, 0.15) is 0 Å². The average Bonchev–Trinajstić information content (AvgIpc) is 2.44. The third kappa shape index (κ3) is 4.11. The van der Waals surface area contributed by atoms with Crippen molar-refractivity contribution in [1.29, 1.82) is 5.26 Å².